The van der Waals surface area contributed by atoms with E-state index < -0.39 is 0 Å². The molecule has 0 aliphatic carbocycles. The maximum Gasteiger partial charge on any atom is 0.185 e. The number of aromatic nitrogens is 1. The van der Waals surface area contributed by atoms with Crippen LogP contribution in [-0.4, -0.2) is 10.4 Å². The molecule has 3 heteroatoms. The fourth-order valence-electron chi connectivity index (χ4n) is 2.94. The number of nitrogens with zero attached hydrogens (tertiary/aromatic N) is 1. The van der Waals surface area contributed by atoms with E-state index in [0.29, 0.717) is 5.56 Å². The molecule has 0 fully saturated rings. The first kappa shape index (κ1) is 17.2. The molecular weight excluding hydrogens is 330 g/mol. The molecule has 1 aromatic heterocycles. The normalized spacial score (nSPS) is 11.2. The van der Waals surface area contributed by atoms with Crippen molar-refractivity contribution >= 4 is 23.5 Å². The van der Waals surface area contributed by atoms with E-state index >= 15 is 0 Å². The third-order valence-electron chi connectivity index (χ3n) is 4.36. The van der Waals surface area contributed by atoms with Crippen molar-refractivity contribution in [3.63, 3.8) is 0 Å². The van der Waals surface area contributed by atoms with Crippen LogP contribution in [0.3, 0.4) is 0 Å². The molecule has 0 aliphatic rings. The van der Waals surface area contributed by atoms with Gasteiger partial charge >= 0.3 is 0 Å². The van der Waals surface area contributed by atoms with Crippen LogP contribution in [0.2, 0.25) is 5.02 Å². The van der Waals surface area contributed by atoms with Crippen molar-refractivity contribution in [2.45, 2.75) is 20.8 Å². The minimum absolute atomic E-state index is 0.00350. The van der Waals surface area contributed by atoms with Crippen LogP contribution in [0.1, 0.15) is 32.9 Å². The van der Waals surface area contributed by atoms with Gasteiger partial charge in [0.1, 0.15) is 0 Å². The topological polar surface area (TPSA) is 22.0 Å². The van der Waals surface area contributed by atoms with E-state index in [-0.39, 0.29) is 5.78 Å². The van der Waals surface area contributed by atoms with Gasteiger partial charge in [-0.3, -0.25) is 4.79 Å². The zero-order chi connectivity index (χ0) is 18.0. The van der Waals surface area contributed by atoms with Crippen LogP contribution in [0.15, 0.2) is 60.7 Å². The maximum absolute atomic E-state index is 12.3. The lowest BCUT2D eigenvalue weighted by atomic mass is 10.1. The smallest absolute Gasteiger partial charge is 0.185 e. The zero-order valence-corrected chi connectivity index (χ0v) is 15.3. The summed E-state index contributed by atoms with van der Waals surface area (Å²) in [5.41, 5.74) is 5.98. The predicted molar refractivity (Wildman–Crippen MR) is 105 cm³/mol. The highest BCUT2D eigenvalue weighted by Gasteiger charge is 2.10. The van der Waals surface area contributed by atoms with Crippen LogP contribution >= 0.6 is 11.6 Å². The van der Waals surface area contributed by atoms with E-state index in [1.165, 1.54) is 0 Å². The summed E-state index contributed by atoms with van der Waals surface area (Å²) in [7, 11) is 0. The van der Waals surface area contributed by atoms with Gasteiger partial charge in [-0.05, 0) is 62.2 Å². The van der Waals surface area contributed by atoms with E-state index in [1.54, 1.807) is 6.08 Å². The number of halogens is 1. The Morgan fingerprint density at radius 1 is 1.00 bits per heavy atom. The van der Waals surface area contributed by atoms with Crippen molar-refractivity contribution in [1.29, 1.82) is 0 Å². The lowest BCUT2D eigenvalue weighted by Gasteiger charge is -2.11. The second-order valence-corrected chi connectivity index (χ2v) is 6.57. The van der Waals surface area contributed by atoms with E-state index in [1.807, 2.05) is 62.4 Å². The minimum atomic E-state index is 0.00350. The summed E-state index contributed by atoms with van der Waals surface area (Å²) in [5.74, 6) is 0.00350. The van der Waals surface area contributed by atoms with Gasteiger partial charge < -0.3 is 4.57 Å². The summed E-state index contributed by atoms with van der Waals surface area (Å²) in [5, 5.41) is 0.751. The van der Waals surface area contributed by atoms with E-state index in [9.17, 15) is 4.79 Å². The standard InChI is InChI=1S/C22H20ClNO/c1-15-9-11-20(14-21(15)23)24-16(2)13-19(17(24)3)10-12-22(25)18-7-5-4-6-8-18/h4-14H,1-3H3/b12-10+. The highest BCUT2D eigenvalue weighted by atomic mass is 35.5. The van der Waals surface area contributed by atoms with Crippen molar-refractivity contribution in [3.8, 4) is 5.69 Å². The van der Waals surface area contributed by atoms with Crippen molar-refractivity contribution < 1.29 is 4.79 Å². The summed E-state index contributed by atoms with van der Waals surface area (Å²) in [6.45, 7) is 6.09. The maximum atomic E-state index is 12.3. The SMILES string of the molecule is Cc1ccc(-n2c(C)cc(/C=C/C(=O)c3ccccc3)c2C)cc1Cl. The number of hydrogen-bond donors (Lipinski definition) is 0. The second-order valence-electron chi connectivity index (χ2n) is 6.16. The van der Waals surface area contributed by atoms with Gasteiger partial charge in [-0.1, -0.05) is 48.0 Å². The minimum Gasteiger partial charge on any atom is -0.318 e. The van der Waals surface area contributed by atoms with E-state index in [0.717, 1.165) is 33.2 Å². The van der Waals surface area contributed by atoms with Gasteiger partial charge in [0.15, 0.2) is 5.78 Å². The summed E-state index contributed by atoms with van der Waals surface area (Å²) in [4.78, 5) is 12.3. The molecule has 1 heterocycles. The molecule has 126 valence electrons. The highest BCUT2D eigenvalue weighted by molar-refractivity contribution is 6.31. The summed E-state index contributed by atoms with van der Waals surface area (Å²) >= 11 is 6.27. The third kappa shape index (κ3) is 3.59. The van der Waals surface area contributed by atoms with Gasteiger partial charge in [0.2, 0.25) is 0 Å². The molecule has 0 saturated carbocycles. The zero-order valence-electron chi connectivity index (χ0n) is 14.6. The van der Waals surface area contributed by atoms with Crippen molar-refractivity contribution in [2.75, 3.05) is 0 Å². The Morgan fingerprint density at radius 2 is 1.72 bits per heavy atom. The van der Waals surface area contributed by atoms with E-state index in [4.69, 9.17) is 11.6 Å². The number of aryl methyl sites for hydroxylation is 2. The summed E-state index contributed by atoms with van der Waals surface area (Å²) in [6, 6.07) is 17.4. The average Bonchev–Trinajstić information content (AvgIpc) is 2.90. The molecule has 3 rings (SSSR count). The first-order chi connectivity index (χ1) is 12.0. The van der Waals surface area contributed by atoms with Gasteiger partial charge in [-0.25, -0.2) is 0 Å². The van der Waals surface area contributed by atoms with Gasteiger partial charge in [-0.2, -0.15) is 0 Å². The Labute approximate surface area is 153 Å². The molecule has 0 saturated heterocycles. The number of allylic oxidation sites excluding steroid dienone is 1. The van der Waals surface area contributed by atoms with Crippen molar-refractivity contribution in [2.24, 2.45) is 0 Å². The molecule has 0 spiro atoms. The lowest BCUT2D eigenvalue weighted by Crippen LogP contribution is -1.99. The van der Waals surface area contributed by atoms with Gasteiger partial charge in [-0.15, -0.1) is 0 Å². The fraction of sp³-hybridized carbons (Fsp3) is 0.136. The third-order valence-corrected chi connectivity index (χ3v) is 4.76. The van der Waals surface area contributed by atoms with Crippen LogP contribution < -0.4 is 0 Å². The van der Waals surface area contributed by atoms with Crippen LogP contribution in [0.4, 0.5) is 0 Å². The molecule has 0 unspecified atom stereocenters. The van der Waals surface area contributed by atoms with Crippen LogP contribution in [0.25, 0.3) is 11.8 Å². The van der Waals surface area contributed by atoms with Gasteiger partial charge in [0.05, 0.1) is 0 Å². The molecule has 2 aromatic carbocycles. The number of carbonyl (C=O) groups is 1. The molecule has 25 heavy (non-hydrogen) atoms. The molecular formula is C22H20ClNO. The molecule has 2 nitrogen and oxygen atoms in total. The number of carbonyl (C=O) groups excluding carboxylic acids is 1. The molecule has 0 N–H and O–H groups in total. The number of ketones is 1. The van der Waals surface area contributed by atoms with E-state index in [2.05, 4.69) is 23.6 Å². The van der Waals surface area contributed by atoms with Crippen LogP contribution in [0, 0.1) is 20.8 Å². The Balaban J connectivity index is 1.93. The quantitative estimate of drug-likeness (QED) is 0.421. The fourth-order valence-corrected chi connectivity index (χ4v) is 3.11. The number of rotatable bonds is 4. The molecule has 0 amide bonds. The summed E-state index contributed by atoms with van der Waals surface area (Å²) < 4.78 is 2.15. The predicted octanol–water partition coefficient (Wildman–Crippen LogP) is 5.95. The van der Waals surface area contributed by atoms with Crippen molar-refractivity contribution in [3.05, 3.63) is 93.8 Å². The van der Waals surface area contributed by atoms with Crippen molar-refractivity contribution in [1.82, 2.24) is 4.57 Å². The monoisotopic (exact) mass is 349 g/mol. The molecule has 0 atom stereocenters. The molecule has 0 aliphatic heterocycles. The molecule has 0 radical (unpaired) electrons. The van der Waals surface area contributed by atoms with Crippen LogP contribution in [-0.2, 0) is 0 Å². The number of hydrogen-bond acceptors (Lipinski definition) is 1. The second kappa shape index (κ2) is 7.12. The first-order valence-electron chi connectivity index (χ1n) is 8.20. The Kier molecular flexibility index (Phi) is 4.91. The average molecular weight is 350 g/mol. The summed E-state index contributed by atoms with van der Waals surface area (Å²) in [6.07, 6.45) is 3.51. The van der Waals surface area contributed by atoms with Gasteiger partial charge in [0, 0.05) is 27.7 Å². The Bertz CT molecular complexity index is 952. The first-order valence-corrected chi connectivity index (χ1v) is 8.58. The number of benzene rings is 2. The van der Waals surface area contributed by atoms with Gasteiger partial charge in [0.25, 0.3) is 0 Å². The highest BCUT2D eigenvalue weighted by Crippen LogP contribution is 2.25. The Morgan fingerprint density at radius 3 is 2.40 bits per heavy atom. The largest absolute Gasteiger partial charge is 0.318 e. The Hall–Kier alpha value is -2.58. The van der Waals surface area contributed by atoms with Crippen LogP contribution in [0.5, 0.6) is 0 Å². The molecule has 0 bridgehead atoms. The lowest BCUT2D eigenvalue weighted by molar-refractivity contribution is 0.104. The molecule has 3 aromatic rings.